The predicted molar refractivity (Wildman–Crippen MR) is 128 cm³/mol. The van der Waals surface area contributed by atoms with Crippen LogP contribution in [0.5, 0.6) is 17.2 Å². The summed E-state index contributed by atoms with van der Waals surface area (Å²) in [6, 6.07) is 11.0. The first-order valence-corrected chi connectivity index (χ1v) is 11.1. The highest BCUT2D eigenvalue weighted by atomic mass is 16.5. The van der Waals surface area contributed by atoms with Gasteiger partial charge in [-0.2, -0.15) is 0 Å². The monoisotopic (exact) mass is 477 g/mol. The molecule has 35 heavy (non-hydrogen) atoms. The molecule has 0 radical (unpaired) electrons. The SMILES string of the molecule is COc1cccc(/C(O)=C2/C(=O)C(=O)N(CCCn3ccnc3)C2c2cc(OC)ccc2OC)c1. The first-order chi connectivity index (χ1) is 17.0. The molecule has 0 saturated carbocycles. The molecular formula is C26H27N3O6. The number of amides is 1. The minimum Gasteiger partial charge on any atom is -0.507 e. The van der Waals surface area contributed by atoms with Gasteiger partial charge in [0.25, 0.3) is 11.7 Å². The van der Waals surface area contributed by atoms with Crippen LogP contribution in [-0.2, 0) is 16.1 Å². The summed E-state index contributed by atoms with van der Waals surface area (Å²) in [6.45, 7) is 0.892. The number of rotatable bonds is 9. The number of hydrogen-bond donors (Lipinski definition) is 1. The topological polar surface area (TPSA) is 103 Å². The van der Waals surface area contributed by atoms with Crippen molar-refractivity contribution in [1.82, 2.24) is 14.5 Å². The minimum atomic E-state index is -0.867. The molecule has 182 valence electrons. The number of Topliss-reactive ketones (excluding diaryl/α,β-unsaturated/α-hetero) is 1. The molecule has 0 aliphatic carbocycles. The second kappa shape index (κ2) is 10.3. The summed E-state index contributed by atoms with van der Waals surface area (Å²) in [7, 11) is 4.56. The van der Waals surface area contributed by atoms with Crippen LogP contribution in [0.15, 0.2) is 66.8 Å². The molecule has 4 rings (SSSR count). The van der Waals surface area contributed by atoms with Gasteiger partial charge >= 0.3 is 0 Å². The van der Waals surface area contributed by atoms with Crippen LogP contribution in [0.1, 0.15) is 23.6 Å². The zero-order valence-electron chi connectivity index (χ0n) is 19.8. The third kappa shape index (κ3) is 4.70. The number of likely N-dealkylation sites (tertiary alicyclic amines) is 1. The maximum Gasteiger partial charge on any atom is 0.295 e. The lowest BCUT2D eigenvalue weighted by Gasteiger charge is -2.27. The van der Waals surface area contributed by atoms with Crippen LogP contribution < -0.4 is 14.2 Å². The van der Waals surface area contributed by atoms with Crippen LogP contribution in [-0.4, -0.2) is 59.1 Å². The van der Waals surface area contributed by atoms with Gasteiger partial charge in [0.2, 0.25) is 0 Å². The third-order valence-electron chi connectivity index (χ3n) is 5.99. The van der Waals surface area contributed by atoms with Crippen LogP contribution >= 0.6 is 0 Å². The van der Waals surface area contributed by atoms with Gasteiger partial charge in [0, 0.05) is 36.6 Å². The van der Waals surface area contributed by atoms with Gasteiger partial charge in [0.1, 0.15) is 23.0 Å². The number of carbonyl (C=O) groups is 2. The predicted octanol–water partition coefficient (Wildman–Crippen LogP) is 3.42. The fraction of sp³-hybridized carbons (Fsp3) is 0.269. The Kier molecular flexibility index (Phi) is 7.05. The van der Waals surface area contributed by atoms with E-state index in [1.165, 1.54) is 26.2 Å². The largest absolute Gasteiger partial charge is 0.507 e. The van der Waals surface area contributed by atoms with Crippen LogP contribution in [0.25, 0.3) is 5.76 Å². The number of aryl methyl sites for hydroxylation is 1. The van der Waals surface area contributed by atoms with Crippen molar-refractivity contribution in [3.63, 3.8) is 0 Å². The third-order valence-corrected chi connectivity index (χ3v) is 5.99. The molecule has 2 aromatic carbocycles. The number of hydrogen-bond acceptors (Lipinski definition) is 7. The zero-order valence-corrected chi connectivity index (χ0v) is 19.8. The zero-order chi connectivity index (χ0) is 24.9. The molecule has 1 unspecified atom stereocenters. The summed E-state index contributed by atoms with van der Waals surface area (Å²) in [6.07, 6.45) is 5.78. The van der Waals surface area contributed by atoms with E-state index in [0.29, 0.717) is 41.3 Å². The quantitative estimate of drug-likeness (QED) is 0.286. The van der Waals surface area contributed by atoms with Crippen molar-refractivity contribution in [2.45, 2.75) is 19.0 Å². The molecule has 1 aromatic heterocycles. The first-order valence-electron chi connectivity index (χ1n) is 11.1. The molecule has 9 nitrogen and oxygen atoms in total. The minimum absolute atomic E-state index is 0.0163. The number of imidazole rings is 1. The number of methoxy groups -OCH3 is 3. The fourth-order valence-electron chi connectivity index (χ4n) is 4.26. The van der Waals surface area contributed by atoms with Crippen molar-refractivity contribution in [2.24, 2.45) is 0 Å². The van der Waals surface area contributed by atoms with Crippen LogP contribution in [0.2, 0.25) is 0 Å². The van der Waals surface area contributed by atoms with Gasteiger partial charge in [-0.3, -0.25) is 9.59 Å². The van der Waals surface area contributed by atoms with Crippen molar-refractivity contribution in [2.75, 3.05) is 27.9 Å². The Morgan fingerprint density at radius 1 is 1.00 bits per heavy atom. The first kappa shape index (κ1) is 23.9. The molecule has 1 N–H and O–H groups in total. The molecule has 1 aliphatic heterocycles. The molecule has 0 spiro atoms. The summed E-state index contributed by atoms with van der Waals surface area (Å²) in [4.78, 5) is 32.0. The highest BCUT2D eigenvalue weighted by Crippen LogP contribution is 2.44. The van der Waals surface area contributed by atoms with Crippen molar-refractivity contribution >= 4 is 17.4 Å². The number of ketones is 1. The standard InChI is InChI=1S/C26H27N3O6/c1-33-18-7-4-6-17(14-18)24(30)22-23(20-15-19(34-2)8-9-21(20)35-3)29(26(32)25(22)31)12-5-11-28-13-10-27-16-28/h4,6-10,13-16,23,30H,5,11-12H2,1-3H3/b24-22-. The smallest absolute Gasteiger partial charge is 0.295 e. The van der Waals surface area contributed by atoms with E-state index in [1.807, 2.05) is 10.8 Å². The van der Waals surface area contributed by atoms with E-state index in [0.717, 1.165) is 0 Å². The molecule has 1 atom stereocenters. The summed E-state index contributed by atoms with van der Waals surface area (Å²) in [5.41, 5.74) is 0.892. The summed E-state index contributed by atoms with van der Waals surface area (Å²) >= 11 is 0. The van der Waals surface area contributed by atoms with E-state index >= 15 is 0 Å². The number of ether oxygens (including phenoxy) is 3. The number of nitrogens with zero attached hydrogens (tertiary/aromatic N) is 3. The normalized spacial score (nSPS) is 17.0. The Labute approximate surface area is 203 Å². The van der Waals surface area contributed by atoms with E-state index in [2.05, 4.69) is 4.98 Å². The summed E-state index contributed by atoms with van der Waals surface area (Å²) in [5.74, 6) is -0.217. The Morgan fingerprint density at radius 2 is 1.77 bits per heavy atom. The number of aromatic nitrogens is 2. The lowest BCUT2D eigenvalue weighted by Crippen LogP contribution is -2.31. The molecule has 1 amide bonds. The Balaban J connectivity index is 1.82. The average Bonchev–Trinajstić information content (AvgIpc) is 3.50. The van der Waals surface area contributed by atoms with E-state index in [4.69, 9.17) is 14.2 Å². The maximum atomic E-state index is 13.3. The summed E-state index contributed by atoms with van der Waals surface area (Å²) in [5, 5.41) is 11.3. The van der Waals surface area contributed by atoms with Crippen LogP contribution in [0.4, 0.5) is 0 Å². The van der Waals surface area contributed by atoms with Crippen LogP contribution in [0, 0.1) is 0 Å². The highest BCUT2D eigenvalue weighted by Gasteiger charge is 2.47. The second-order valence-electron chi connectivity index (χ2n) is 7.99. The fourth-order valence-corrected chi connectivity index (χ4v) is 4.26. The number of aliphatic hydroxyl groups excluding tert-OH is 1. The molecule has 1 saturated heterocycles. The van der Waals surface area contributed by atoms with Crippen molar-refractivity contribution < 1.29 is 28.9 Å². The van der Waals surface area contributed by atoms with Gasteiger partial charge in [0.05, 0.1) is 39.3 Å². The van der Waals surface area contributed by atoms with Gasteiger partial charge in [-0.1, -0.05) is 12.1 Å². The molecule has 0 bridgehead atoms. The van der Waals surface area contributed by atoms with Gasteiger partial charge in [-0.05, 0) is 36.8 Å². The summed E-state index contributed by atoms with van der Waals surface area (Å²) < 4.78 is 18.1. The van der Waals surface area contributed by atoms with Crippen LogP contribution in [0.3, 0.4) is 0 Å². The number of benzene rings is 2. The van der Waals surface area contributed by atoms with E-state index in [1.54, 1.807) is 55.0 Å². The molecule has 2 heterocycles. The lowest BCUT2D eigenvalue weighted by atomic mass is 9.94. The van der Waals surface area contributed by atoms with Crippen molar-refractivity contribution in [3.8, 4) is 17.2 Å². The lowest BCUT2D eigenvalue weighted by molar-refractivity contribution is -0.140. The van der Waals surface area contributed by atoms with Gasteiger partial charge < -0.3 is 28.8 Å². The Hall–Kier alpha value is -4.27. The number of carbonyl (C=O) groups excluding carboxylic acids is 2. The van der Waals surface area contributed by atoms with Gasteiger partial charge in [-0.15, -0.1) is 0 Å². The second-order valence-corrected chi connectivity index (χ2v) is 7.99. The Bertz CT molecular complexity index is 1250. The molecule has 3 aromatic rings. The molecular weight excluding hydrogens is 450 g/mol. The van der Waals surface area contributed by atoms with Crippen molar-refractivity contribution in [1.29, 1.82) is 0 Å². The average molecular weight is 478 g/mol. The molecule has 9 heteroatoms. The van der Waals surface area contributed by atoms with Gasteiger partial charge in [-0.25, -0.2) is 4.98 Å². The Morgan fingerprint density at radius 3 is 2.46 bits per heavy atom. The van der Waals surface area contributed by atoms with E-state index < -0.39 is 17.7 Å². The number of aliphatic hydroxyl groups is 1. The maximum absolute atomic E-state index is 13.3. The highest BCUT2D eigenvalue weighted by molar-refractivity contribution is 6.46. The van der Waals surface area contributed by atoms with Gasteiger partial charge in [0.15, 0.2) is 0 Å². The van der Waals surface area contributed by atoms with Crippen molar-refractivity contribution in [3.05, 3.63) is 77.9 Å². The molecule has 1 aliphatic rings. The van der Waals surface area contributed by atoms with E-state index in [-0.39, 0.29) is 17.9 Å². The van der Waals surface area contributed by atoms with E-state index in [9.17, 15) is 14.7 Å². The molecule has 1 fully saturated rings.